The summed E-state index contributed by atoms with van der Waals surface area (Å²) in [6.07, 6.45) is 2.98. The van der Waals surface area contributed by atoms with Gasteiger partial charge in [0.25, 0.3) is 0 Å². The maximum absolute atomic E-state index is 11.6. The van der Waals surface area contributed by atoms with Gasteiger partial charge in [0.15, 0.2) is 5.96 Å². The van der Waals surface area contributed by atoms with Crippen molar-refractivity contribution in [1.29, 1.82) is 0 Å². The van der Waals surface area contributed by atoms with Gasteiger partial charge in [0, 0.05) is 59.3 Å². The van der Waals surface area contributed by atoms with E-state index in [1.165, 1.54) is 6.26 Å². The molecule has 26 heavy (non-hydrogen) atoms. The predicted octanol–water partition coefficient (Wildman–Crippen LogP) is 0.406. The van der Waals surface area contributed by atoms with Gasteiger partial charge in [0.05, 0.1) is 6.26 Å². The molecule has 152 valence electrons. The third-order valence-corrected chi connectivity index (χ3v) is 6.20. The van der Waals surface area contributed by atoms with E-state index in [0.717, 1.165) is 51.5 Å². The molecule has 2 rings (SSSR count). The minimum atomic E-state index is -3.07. The van der Waals surface area contributed by atoms with Crippen LogP contribution in [0.5, 0.6) is 0 Å². The second kappa shape index (κ2) is 10.6. The molecule has 10 heteroatoms. The fourth-order valence-electron chi connectivity index (χ4n) is 3.30. The summed E-state index contributed by atoms with van der Waals surface area (Å²) in [5.74, 6) is 1.45. The minimum Gasteiger partial charge on any atom is -0.357 e. The molecule has 2 fully saturated rings. The van der Waals surface area contributed by atoms with Crippen LogP contribution in [0.3, 0.4) is 0 Å². The number of carbonyl (C=O) groups is 1. The smallest absolute Gasteiger partial charge is 0.219 e. The molecule has 0 saturated carbocycles. The molecule has 0 radical (unpaired) electrons. The highest BCUT2D eigenvalue weighted by Gasteiger charge is 2.25. The average Bonchev–Trinajstić information content (AvgIpc) is 2.58. The molecule has 1 amide bonds. The molecule has 0 atom stereocenters. The second-order valence-electron chi connectivity index (χ2n) is 6.79. The summed E-state index contributed by atoms with van der Waals surface area (Å²) in [6, 6.07) is 0. The van der Waals surface area contributed by atoms with Crippen molar-refractivity contribution in [2.24, 2.45) is 10.9 Å². The van der Waals surface area contributed by atoms with Crippen LogP contribution >= 0.6 is 24.0 Å². The minimum absolute atomic E-state index is 0. The number of sulfonamides is 1. The number of guanidine groups is 1. The van der Waals surface area contributed by atoms with E-state index in [4.69, 9.17) is 4.99 Å². The SMILES string of the molecule is CCNC(=NCC1CCN(S(C)(=O)=O)CC1)N1CCN(C(C)=O)CC1.I. The number of amides is 1. The molecule has 0 aromatic carbocycles. The molecule has 0 aromatic rings. The molecule has 0 spiro atoms. The van der Waals surface area contributed by atoms with Gasteiger partial charge < -0.3 is 15.1 Å². The zero-order valence-corrected chi connectivity index (χ0v) is 19.1. The number of hydrogen-bond donors (Lipinski definition) is 1. The van der Waals surface area contributed by atoms with E-state index in [1.54, 1.807) is 11.2 Å². The third kappa shape index (κ3) is 6.84. The molecule has 1 N–H and O–H groups in total. The molecule has 2 heterocycles. The van der Waals surface area contributed by atoms with E-state index in [-0.39, 0.29) is 29.9 Å². The topological polar surface area (TPSA) is 85.3 Å². The van der Waals surface area contributed by atoms with Gasteiger partial charge in [-0.2, -0.15) is 0 Å². The number of nitrogens with zero attached hydrogens (tertiary/aromatic N) is 4. The molecular formula is C16H32IN5O3S. The Kier molecular flexibility index (Phi) is 9.59. The largest absolute Gasteiger partial charge is 0.357 e. The number of hydrogen-bond acceptors (Lipinski definition) is 4. The molecule has 0 aromatic heterocycles. The van der Waals surface area contributed by atoms with Crippen LogP contribution in [0.25, 0.3) is 0 Å². The number of piperidine rings is 1. The Labute approximate surface area is 174 Å². The Bertz CT molecular complexity index is 583. The first-order valence-corrected chi connectivity index (χ1v) is 10.9. The average molecular weight is 501 g/mol. The van der Waals surface area contributed by atoms with Gasteiger partial charge in [0.1, 0.15) is 0 Å². The Balaban J connectivity index is 0.00000338. The van der Waals surface area contributed by atoms with Gasteiger partial charge in [-0.1, -0.05) is 0 Å². The van der Waals surface area contributed by atoms with Gasteiger partial charge >= 0.3 is 0 Å². The van der Waals surface area contributed by atoms with E-state index in [9.17, 15) is 13.2 Å². The second-order valence-corrected chi connectivity index (χ2v) is 8.78. The van der Waals surface area contributed by atoms with Crippen LogP contribution in [-0.2, 0) is 14.8 Å². The molecule has 0 aliphatic carbocycles. The fourth-order valence-corrected chi connectivity index (χ4v) is 4.17. The van der Waals surface area contributed by atoms with Gasteiger partial charge in [-0.25, -0.2) is 12.7 Å². The first-order valence-electron chi connectivity index (χ1n) is 9.05. The summed E-state index contributed by atoms with van der Waals surface area (Å²) in [4.78, 5) is 20.3. The zero-order valence-electron chi connectivity index (χ0n) is 16.0. The van der Waals surface area contributed by atoms with Gasteiger partial charge in [0.2, 0.25) is 15.9 Å². The lowest BCUT2D eigenvalue weighted by atomic mass is 9.98. The number of aliphatic imine (C=N–C) groups is 1. The molecule has 2 aliphatic rings. The summed E-state index contributed by atoms with van der Waals surface area (Å²) >= 11 is 0. The van der Waals surface area contributed by atoms with Gasteiger partial charge in [-0.3, -0.25) is 9.79 Å². The van der Waals surface area contributed by atoms with Gasteiger partial charge in [-0.15, -0.1) is 24.0 Å². The lowest BCUT2D eigenvalue weighted by molar-refractivity contribution is -0.130. The standard InChI is InChI=1S/C16H31N5O3S.HI/c1-4-17-16(20-11-9-19(10-12-20)14(2)22)18-13-15-5-7-21(8-6-15)25(3,23)24;/h15H,4-13H2,1-3H3,(H,17,18);1H. The van der Waals surface area contributed by atoms with Gasteiger partial charge in [-0.05, 0) is 25.7 Å². The Morgan fingerprint density at radius 3 is 2.08 bits per heavy atom. The summed E-state index contributed by atoms with van der Waals surface area (Å²) < 4.78 is 24.7. The number of carbonyl (C=O) groups excluding carboxylic acids is 1. The van der Waals surface area contributed by atoms with Crippen LogP contribution in [-0.4, -0.2) is 93.0 Å². The van der Waals surface area contributed by atoms with Crippen molar-refractivity contribution in [3.05, 3.63) is 0 Å². The summed E-state index contributed by atoms with van der Waals surface area (Å²) in [5, 5.41) is 3.34. The van der Waals surface area contributed by atoms with Crippen LogP contribution in [0.1, 0.15) is 26.7 Å². The number of halogens is 1. The highest BCUT2D eigenvalue weighted by atomic mass is 127. The maximum Gasteiger partial charge on any atom is 0.219 e. The van der Waals surface area contributed by atoms with E-state index in [0.29, 0.717) is 25.6 Å². The van der Waals surface area contributed by atoms with Crippen molar-refractivity contribution < 1.29 is 13.2 Å². The normalized spacial score (nSPS) is 20.7. The first kappa shape index (κ1) is 23.4. The van der Waals surface area contributed by atoms with Crippen molar-refractivity contribution in [3.63, 3.8) is 0 Å². The van der Waals surface area contributed by atoms with Crippen molar-refractivity contribution in [3.8, 4) is 0 Å². The monoisotopic (exact) mass is 501 g/mol. The molecule has 0 bridgehead atoms. The molecule has 2 saturated heterocycles. The predicted molar refractivity (Wildman–Crippen MR) is 114 cm³/mol. The quantitative estimate of drug-likeness (QED) is 0.343. The number of rotatable bonds is 4. The van der Waals surface area contributed by atoms with E-state index in [1.807, 2.05) is 11.8 Å². The molecule has 0 unspecified atom stereocenters. The van der Waals surface area contributed by atoms with Crippen molar-refractivity contribution in [1.82, 2.24) is 19.4 Å². The van der Waals surface area contributed by atoms with Crippen LogP contribution < -0.4 is 5.32 Å². The van der Waals surface area contributed by atoms with Crippen molar-refractivity contribution in [2.75, 3.05) is 58.6 Å². The van der Waals surface area contributed by atoms with E-state index < -0.39 is 10.0 Å². The Morgan fingerprint density at radius 1 is 1.08 bits per heavy atom. The molecule has 2 aliphatic heterocycles. The van der Waals surface area contributed by atoms with Crippen molar-refractivity contribution in [2.45, 2.75) is 26.7 Å². The van der Waals surface area contributed by atoms with Crippen LogP contribution in [0.4, 0.5) is 0 Å². The summed E-state index contributed by atoms with van der Waals surface area (Å²) in [5.41, 5.74) is 0. The van der Waals surface area contributed by atoms with E-state index >= 15 is 0 Å². The van der Waals surface area contributed by atoms with Crippen LogP contribution in [0.15, 0.2) is 4.99 Å². The van der Waals surface area contributed by atoms with Crippen LogP contribution in [0.2, 0.25) is 0 Å². The first-order chi connectivity index (χ1) is 11.8. The maximum atomic E-state index is 11.6. The Hall–Kier alpha value is -0.620. The Morgan fingerprint density at radius 2 is 1.62 bits per heavy atom. The zero-order chi connectivity index (χ0) is 18.4. The van der Waals surface area contributed by atoms with Crippen LogP contribution in [0, 0.1) is 5.92 Å². The third-order valence-electron chi connectivity index (χ3n) is 4.90. The number of piperazine rings is 1. The molecular weight excluding hydrogens is 469 g/mol. The lowest BCUT2D eigenvalue weighted by Gasteiger charge is -2.36. The van der Waals surface area contributed by atoms with Crippen molar-refractivity contribution >= 4 is 45.9 Å². The fraction of sp³-hybridized carbons (Fsp3) is 0.875. The lowest BCUT2D eigenvalue weighted by Crippen LogP contribution is -2.53. The highest BCUT2D eigenvalue weighted by Crippen LogP contribution is 2.19. The highest BCUT2D eigenvalue weighted by molar-refractivity contribution is 14.0. The van der Waals surface area contributed by atoms with E-state index in [2.05, 4.69) is 10.2 Å². The molecule has 8 nitrogen and oxygen atoms in total. The summed E-state index contributed by atoms with van der Waals surface area (Å²) in [6.45, 7) is 9.39. The number of nitrogens with one attached hydrogen (secondary N) is 1. The summed E-state index contributed by atoms with van der Waals surface area (Å²) in [7, 11) is -3.07.